The van der Waals surface area contributed by atoms with Gasteiger partial charge in [0.1, 0.15) is 24.6 Å². The zero-order valence-corrected chi connectivity index (χ0v) is 37.7. The predicted molar refractivity (Wildman–Crippen MR) is 244 cm³/mol. The number of hydrogen-bond acceptors (Lipinski definition) is 13. The molecule has 70 heavy (non-hydrogen) atoms. The molecule has 4 aromatic heterocycles. The zero-order valence-electron chi connectivity index (χ0n) is 37.7. The summed E-state index contributed by atoms with van der Waals surface area (Å²) in [5.74, 6) is 0.0524. The van der Waals surface area contributed by atoms with E-state index in [0.29, 0.717) is 34.7 Å². The number of carbonyl (C=O) groups excluding carboxylic acids is 2. The number of amides is 2. The number of aromatic amines is 1. The number of halogens is 6. The van der Waals surface area contributed by atoms with Crippen LogP contribution in [-0.2, 0) is 18.8 Å². The molecule has 1 aliphatic heterocycles. The van der Waals surface area contributed by atoms with Crippen molar-refractivity contribution in [3.8, 4) is 34.3 Å². The molecule has 1 fully saturated rings. The second kappa shape index (κ2) is 20.2. The molecule has 5 N–H and O–H groups in total. The van der Waals surface area contributed by atoms with Crippen molar-refractivity contribution in [2.75, 3.05) is 44.5 Å². The maximum Gasteiger partial charge on any atom is 0.405 e. The molecular formula is C45H44F6N14O5. The van der Waals surface area contributed by atoms with Crippen molar-refractivity contribution in [3.05, 3.63) is 96.3 Å². The molecule has 1 saturated heterocycles. The van der Waals surface area contributed by atoms with Gasteiger partial charge in [-0.1, -0.05) is 12.1 Å². The van der Waals surface area contributed by atoms with E-state index in [1.54, 1.807) is 48.0 Å². The van der Waals surface area contributed by atoms with Gasteiger partial charge in [-0.25, -0.2) is 14.0 Å². The van der Waals surface area contributed by atoms with Crippen molar-refractivity contribution in [1.29, 1.82) is 0 Å². The van der Waals surface area contributed by atoms with Crippen LogP contribution in [-0.4, -0.2) is 108 Å². The Morgan fingerprint density at radius 2 is 1.26 bits per heavy atom. The molecular weight excluding hydrogens is 931 g/mol. The van der Waals surface area contributed by atoms with Crippen LogP contribution in [0.4, 0.5) is 49.6 Å². The van der Waals surface area contributed by atoms with Crippen LogP contribution in [0.15, 0.2) is 85.2 Å². The van der Waals surface area contributed by atoms with Crippen LogP contribution in [0.1, 0.15) is 46.2 Å². The van der Waals surface area contributed by atoms with Crippen molar-refractivity contribution < 1.29 is 50.1 Å². The summed E-state index contributed by atoms with van der Waals surface area (Å²) in [6.45, 7) is -2.13. The maximum absolute atomic E-state index is 12.5. The van der Waals surface area contributed by atoms with Gasteiger partial charge in [-0.2, -0.15) is 46.5 Å². The van der Waals surface area contributed by atoms with Crippen molar-refractivity contribution in [3.63, 3.8) is 0 Å². The molecule has 5 heterocycles. The molecule has 8 aromatic rings. The zero-order chi connectivity index (χ0) is 49.7. The average Bonchev–Trinajstić information content (AvgIpc) is 4.16. The lowest BCUT2D eigenvalue weighted by atomic mass is 10.1. The van der Waals surface area contributed by atoms with Crippen molar-refractivity contribution in [2.24, 2.45) is 14.1 Å². The Hall–Kier alpha value is -8.22. The standard InChI is InChI=1S/C25H26F3N7O3.C20H18F3N7O2/c1-34-24(31-17-7-9-19-16(11-17)13-30-35(19)21-5-3-4-10-38-21)32-22(33-34)15-6-8-18(20(12-15)37-2)23(36)29-14-25(26,27)28;1-30-19(26-13-4-6-15-12(7-13)9-25-28-15)27-17(29-30)11-3-5-14(16(8-11)32-2)18(31)24-10-20(21,22)23/h6-9,11-13,21H,3-5,10,14H2,1-2H3,(H,29,36)(H,31,32,33);3-9H,10H2,1-2H3,(H,24,31)(H,25,28)(H,26,27,29). The van der Waals surface area contributed by atoms with Gasteiger partial charge in [-0.3, -0.25) is 14.7 Å². The second-order valence-electron chi connectivity index (χ2n) is 15.8. The van der Waals surface area contributed by atoms with Crippen molar-refractivity contribution in [2.45, 2.75) is 37.8 Å². The van der Waals surface area contributed by atoms with Gasteiger partial charge in [0.2, 0.25) is 11.9 Å². The first-order valence-electron chi connectivity index (χ1n) is 21.4. The average molecular weight is 975 g/mol. The number of nitrogens with one attached hydrogen (secondary N) is 5. The smallest absolute Gasteiger partial charge is 0.405 e. The molecule has 0 aliphatic carbocycles. The van der Waals surface area contributed by atoms with E-state index >= 15 is 0 Å². The summed E-state index contributed by atoms with van der Waals surface area (Å²) in [5.41, 5.74) is 4.47. The molecule has 2 amide bonds. The minimum absolute atomic E-state index is 0.0248. The largest absolute Gasteiger partial charge is 0.496 e. The van der Waals surface area contributed by atoms with E-state index in [-0.39, 0.29) is 28.9 Å². The summed E-state index contributed by atoms with van der Waals surface area (Å²) in [7, 11) is 6.10. The molecule has 0 bridgehead atoms. The first-order chi connectivity index (χ1) is 33.4. The number of anilines is 4. The second-order valence-corrected chi connectivity index (χ2v) is 15.8. The van der Waals surface area contributed by atoms with E-state index in [4.69, 9.17) is 14.2 Å². The van der Waals surface area contributed by atoms with Crippen molar-refractivity contribution in [1.82, 2.24) is 60.1 Å². The normalized spacial score (nSPS) is 13.9. The highest BCUT2D eigenvalue weighted by atomic mass is 19.4. The quantitative estimate of drug-likeness (QED) is 0.0694. The highest BCUT2D eigenvalue weighted by molar-refractivity contribution is 5.98. The Balaban J connectivity index is 0.000000191. The number of ether oxygens (including phenoxy) is 3. The third-order valence-corrected chi connectivity index (χ3v) is 10.8. The highest BCUT2D eigenvalue weighted by Gasteiger charge is 2.30. The lowest BCUT2D eigenvalue weighted by molar-refractivity contribution is -0.123. The van der Waals surface area contributed by atoms with Crippen LogP contribution in [0.2, 0.25) is 0 Å². The van der Waals surface area contributed by atoms with E-state index in [9.17, 15) is 35.9 Å². The van der Waals surface area contributed by atoms with E-state index in [1.807, 2.05) is 51.7 Å². The highest BCUT2D eigenvalue weighted by Crippen LogP contribution is 2.32. The van der Waals surface area contributed by atoms with E-state index in [2.05, 4.69) is 46.1 Å². The van der Waals surface area contributed by atoms with E-state index < -0.39 is 37.3 Å². The molecule has 1 unspecified atom stereocenters. The summed E-state index contributed by atoms with van der Waals surface area (Å²) in [5, 5.41) is 32.2. The Morgan fingerprint density at radius 3 is 1.77 bits per heavy atom. The predicted octanol–water partition coefficient (Wildman–Crippen LogP) is 7.98. The Kier molecular flexibility index (Phi) is 13.9. The molecule has 366 valence electrons. The third-order valence-electron chi connectivity index (χ3n) is 10.8. The Labute approximate surface area is 393 Å². The monoisotopic (exact) mass is 974 g/mol. The fourth-order valence-electron chi connectivity index (χ4n) is 7.37. The molecule has 0 radical (unpaired) electrons. The summed E-state index contributed by atoms with van der Waals surface area (Å²) in [4.78, 5) is 33.3. The third kappa shape index (κ3) is 11.4. The molecule has 0 saturated carbocycles. The number of hydrogen-bond donors (Lipinski definition) is 5. The molecule has 1 aliphatic rings. The van der Waals surface area contributed by atoms with Gasteiger partial charge < -0.3 is 35.5 Å². The number of rotatable bonds is 13. The van der Waals surface area contributed by atoms with Crippen molar-refractivity contribution >= 4 is 56.9 Å². The Morgan fingerprint density at radius 1 is 0.714 bits per heavy atom. The SMILES string of the molecule is COc1cc(-c2nc(Nc3ccc4[nH]ncc4c3)n(C)n2)ccc1C(=O)NCC(F)(F)F.COc1cc(-c2nc(Nc3ccc4c(cnn4C4CCCCO4)c3)n(C)n2)ccc1C(=O)NCC(F)(F)F. The first kappa shape index (κ1) is 48.2. The molecule has 19 nitrogen and oxygen atoms in total. The number of methoxy groups -OCH3 is 2. The summed E-state index contributed by atoms with van der Waals surface area (Å²) < 4.78 is 95.9. The van der Waals surface area contributed by atoms with Gasteiger partial charge in [-0.05, 0) is 79.9 Å². The van der Waals surface area contributed by atoms with E-state index in [1.165, 1.54) is 38.5 Å². The number of benzene rings is 4. The lowest BCUT2D eigenvalue weighted by Crippen LogP contribution is -2.33. The van der Waals surface area contributed by atoms with Gasteiger partial charge in [0.05, 0.1) is 48.8 Å². The molecule has 0 spiro atoms. The fraction of sp³-hybridized carbons (Fsp3) is 0.289. The number of alkyl halides is 6. The van der Waals surface area contributed by atoms with Crippen LogP contribution in [0.5, 0.6) is 11.5 Å². The number of fused-ring (bicyclic) bond motifs is 2. The number of carbonyl (C=O) groups is 2. The van der Waals surface area contributed by atoms with Gasteiger partial charge in [0, 0.05) is 54.0 Å². The molecule has 4 aromatic carbocycles. The number of H-pyrrole nitrogens is 1. The lowest BCUT2D eigenvalue weighted by Gasteiger charge is -2.23. The van der Waals surface area contributed by atoms with E-state index in [0.717, 1.165) is 59.0 Å². The number of aryl methyl sites for hydroxylation is 2. The van der Waals surface area contributed by atoms with Crippen LogP contribution in [0, 0.1) is 0 Å². The topological polar surface area (TPSA) is 218 Å². The van der Waals surface area contributed by atoms with Crippen LogP contribution in [0.3, 0.4) is 0 Å². The fourth-order valence-corrected chi connectivity index (χ4v) is 7.37. The molecule has 25 heteroatoms. The molecule has 1 atom stereocenters. The number of aromatic nitrogens is 10. The summed E-state index contributed by atoms with van der Waals surface area (Å²) in [6, 6.07) is 20.4. The van der Waals surface area contributed by atoms with Gasteiger partial charge in [0.25, 0.3) is 11.8 Å². The molecule has 9 rings (SSSR count). The van der Waals surface area contributed by atoms with Gasteiger partial charge in [0.15, 0.2) is 17.9 Å². The summed E-state index contributed by atoms with van der Waals surface area (Å²) >= 11 is 0. The van der Waals surface area contributed by atoms with Gasteiger partial charge in [-0.15, -0.1) is 10.2 Å². The van der Waals surface area contributed by atoms with Gasteiger partial charge >= 0.3 is 12.4 Å². The maximum atomic E-state index is 12.5. The minimum atomic E-state index is -4.51. The first-order valence-corrected chi connectivity index (χ1v) is 21.4. The van der Waals surface area contributed by atoms with Crippen LogP contribution >= 0.6 is 0 Å². The number of nitrogens with zero attached hydrogens (tertiary/aromatic N) is 9. The Bertz CT molecular complexity index is 3160. The summed E-state index contributed by atoms with van der Waals surface area (Å²) in [6.07, 6.45) is -2.45. The minimum Gasteiger partial charge on any atom is -0.496 e. The van der Waals surface area contributed by atoms with Crippen LogP contribution in [0.25, 0.3) is 44.6 Å². The van der Waals surface area contributed by atoms with Crippen LogP contribution < -0.4 is 30.7 Å².